The molecule has 0 bridgehead atoms. The normalized spacial score (nSPS) is 16.9. The van der Waals surface area contributed by atoms with Crippen molar-refractivity contribution in [2.45, 2.75) is 0 Å². The highest BCUT2D eigenvalue weighted by Crippen LogP contribution is 2.32. The van der Waals surface area contributed by atoms with Crippen molar-refractivity contribution in [3.8, 4) is 11.3 Å². The monoisotopic (exact) mass is 336 g/mol. The average molecular weight is 336 g/mol. The minimum atomic E-state index is 0.911. The first-order chi connectivity index (χ1) is 12.7. The van der Waals surface area contributed by atoms with Gasteiger partial charge < -0.3 is 4.90 Å². The van der Waals surface area contributed by atoms with Crippen LogP contribution < -0.4 is 4.90 Å². The average Bonchev–Trinajstić information content (AvgIpc) is 2.70. The van der Waals surface area contributed by atoms with E-state index in [2.05, 4.69) is 78.4 Å². The van der Waals surface area contributed by atoms with Crippen LogP contribution >= 0.6 is 0 Å². The highest BCUT2D eigenvalue weighted by Gasteiger charge is 2.14. The van der Waals surface area contributed by atoms with Gasteiger partial charge in [0, 0.05) is 24.4 Å². The molecule has 126 valence electrons. The van der Waals surface area contributed by atoms with Crippen LogP contribution in [-0.4, -0.2) is 12.0 Å². The fraction of sp³-hybridized carbons (Fsp3) is 0.0417. The summed E-state index contributed by atoms with van der Waals surface area (Å²) in [5, 5.41) is 0. The summed E-state index contributed by atoms with van der Waals surface area (Å²) >= 11 is 0. The topological polar surface area (TPSA) is 16.1 Å². The van der Waals surface area contributed by atoms with Gasteiger partial charge in [-0.15, -0.1) is 0 Å². The molecule has 1 aliphatic heterocycles. The number of benzene rings is 2. The summed E-state index contributed by atoms with van der Waals surface area (Å²) in [6.45, 7) is 4.24. The van der Waals surface area contributed by atoms with E-state index in [0.717, 1.165) is 33.8 Å². The first kappa shape index (κ1) is 16.1. The summed E-state index contributed by atoms with van der Waals surface area (Å²) in [6.07, 6.45) is 6.30. The van der Waals surface area contributed by atoms with E-state index in [1.165, 1.54) is 5.56 Å². The molecule has 0 aliphatic carbocycles. The molecule has 0 unspecified atom stereocenters. The maximum atomic E-state index is 4.93. The van der Waals surface area contributed by atoms with Crippen LogP contribution in [0.3, 0.4) is 0 Å². The number of nitrogens with zero attached hydrogens (tertiary/aromatic N) is 2. The Bertz CT molecular complexity index is 999. The molecule has 0 saturated carbocycles. The first-order valence-electron chi connectivity index (χ1n) is 8.66. The number of aromatic nitrogens is 1. The van der Waals surface area contributed by atoms with Crippen LogP contribution in [0.5, 0.6) is 0 Å². The van der Waals surface area contributed by atoms with Crippen molar-refractivity contribution in [2.24, 2.45) is 0 Å². The number of rotatable bonds is 2. The second-order valence-electron chi connectivity index (χ2n) is 6.35. The molecule has 0 radical (unpaired) electrons. The molecule has 2 heteroatoms. The van der Waals surface area contributed by atoms with Gasteiger partial charge in [0.2, 0.25) is 0 Å². The van der Waals surface area contributed by atoms with E-state index in [1.54, 1.807) is 0 Å². The number of hydrogen-bond acceptors (Lipinski definition) is 2. The Morgan fingerprint density at radius 1 is 0.769 bits per heavy atom. The number of anilines is 1. The molecule has 1 aliphatic rings. The smallest absolute Gasteiger partial charge is 0.140 e. The molecule has 4 rings (SSSR count). The van der Waals surface area contributed by atoms with Gasteiger partial charge in [-0.25, -0.2) is 4.98 Å². The van der Waals surface area contributed by atoms with Gasteiger partial charge in [0.15, 0.2) is 0 Å². The summed E-state index contributed by atoms with van der Waals surface area (Å²) in [6, 6.07) is 24.8. The molecule has 0 saturated heterocycles. The maximum Gasteiger partial charge on any atom is 0.140 e. The van der Waals surface area contributed by atoms with Crippen LogP contribution in [0.1, 0.15) is 11.1 Å². The van der Waals surface area contributed by atoms with Crippen LogP contribution in [0.25, 0.3) is 22.4 Å². The van der Waals surface area contributed by atoms with Gasteiger partial charge in [-0.2, -0.15) is 0 Å². The Morgan fingerprint density at radius 3 is 2.12 bits per heavy atom. The lowest BCUT2D eigenvalue weighted by Gasteiger charge is -2.22. The molecular weight excluding hydrogens is 316 g/mol. The minimum Gasteiger partial charge on any atom is -0.335 e. The zero-order valence-corrected chi connectivity index (χ0v) is 14.8. The van der Waals surface area contributed by atoms with Crippen molar-refractivity contribution in [1.29, 1.82) is 0 Å². The summed E-state index contributed by atoms with van der Waals surface area (Å²) in [7, 11) is 2.04. The second-order valence-corrected chi connectivity index (χ2v) is 6.35. The van der Waals surface area contributed by atoms with Crippen LogP contribution in [0, 0.1) is 0 Å². The number of hydrogen-bond donors (Lipinski definition) is 0. The molecular formula is C24H20N2. The van der Waals surface area contributed by atoms with Crippen LogP contribution in [-0.2, 0) is 0 Å². The van der Waals surface area contributed by atoms with E-state index in [1.807, 2.05) is 31.3 Å². The third-order valence-corrected chi connectivity index (χ3v) is 4.53. The van der Waals surface area contributed by atoms with Gasteiger partial charge in [0.1, 0.15) is 5.82 Å². The minimum absolute atomic E-state index is 0.911. The van der Waals surface area contributed by atoms with Gasteiger partial charge >= 0.3 is 0 Å². The third kappa shape index (κ3) is 3.09. The lowest BCUT2D eigenvalue weighted by molar-refractivity contribution is 1.12. The van der Waals surface area contributed by atoms with E-state index in [-0.39, 0.29) is 0 Å². The highest BCUT2D eigenvalue weighted by molar-refractivity contribution is 5.88. The first-order valence-corrected chi connectivity index (χ1v) is 8.66. The Labute approximate surface area is 154 Å². The lowest BCUT2D eigenvalue weighted by atomic mass is 10.00. The van der Waals surface area contributed by atoms with Crippen molar-refractivity contribution in [3.05, 3.63) is 109 Å². The summed E-state index contributed by atoms with van der Waals surface area (Å²) in [5.74, 6) is 0.911. The van der Waals surface area contributed by atoms with E-state index >= 15 is 0 Å². The van der Waals surface area contributed by atoms with Crippen molar-refractivity contribution >= 4 is 17.0 Å². The van der Waals surface area contributed by atoms with Gasteiger partial charge in [-0.1, -0.05) is 79.4 Å². The van der Waals surface area contributed by atoms with Gasteiger partial charge in [0.25, 0.3) is 0 Å². The van der Waals surface area contributed by atoms with E-state index in [4.69, 9.17) is 4.98 Å². The molecule has 26 heavy (non-hydrogen) atoms. The van der Waals surface area contributed by atoms with Crippen LogP contribution in [0.4, 0.5) is 5.82 Å². The molecule has 0 fully saturated rings. The predicted molar refractivity (Wildman–Crippen MR) is 111 cm³/mol. The fourth-order valence-corrected chi connectivity index (χ4v) is 3.13. The summed E-state index contributed by atoms with van der Waals surface area (Å²) < 4.78 is 0. The quantitative estimate of drug-likeness (QED) is 0.587. The van der Waals surface area contributed by atoms with E-state index in [9.17, 15) is 0 Å². The zero-order chi connectivity index (χ0) is 17.9. The molecule has 0 N–H and O–H groups in total. The van der Waals surface area contributed by atoms with Gasteiger partial charge in [-0.05, 0) is 28.8 Å². The second kappa shape index (κ2) is 6.85. The molecule has 2 aromatic carbocycles. The zero-order valence-electron chi connectivity index (χ0n) is 14.8. The summed E-state index contributed by atoms with van der Waals surface area (Å²) in [4.78, 5) is 7.01. The molecule has 1 aromatic heterocycles. The molecule has 0 spiro atoms. The van der Waals surface area contributed by atoms with Crippen LogP contribution in [0.2, 0.25) is 0 Å². The number of allylic oxidation sites excluding steroid dienone is 4. The Morgan fingerprint density at radius 2 is 1.42 bits per heavy atom. The summed E-state index contributed by atoms with van der Waals surface area (Å²) in [5.41, 5.74) is 6.38. The lowest BCUT2D eigenvalue weighted by Crippen LogP contribution is -2.14. The SMILES string of the molecule is C=C1/C=C\C(c2ccccc2)=C/N(C)c2nc(-c3ccccc3)ccc21. The molecule has 3 aromatic rings. The molecule has 0 atom stereocenters. The standard InChI is InChI=1S/C24H20N2/c1-18-13-14-21(19-9-5-3-6-10-19)17-26(2)24-22(18)15-16-23(25-24)20-11-7-4-8-12-20/h3-17H,1H2,2H3/b14-13-,21-17+. The largest absolute Gasteiger partial charge is 0.335 e. The molecule has 2 heterocycles. The number of fused-ring (bicyclic) bond motifs is 1. The highest BCUT2D eigenvalue weighted by atomic mass is 15.1. The predicted octanol–water partition coefficient (Wildman–Crippen LogP) is 5.81. The number of pyridine rings is 1. The van der Waals surface area contributed by atoms with Crippen molar-refractivity contribution in [2.75, 3.05) is 11.9 Å². The Kier molecular flexibility index (Phi) is 4.24. The Balaban J connectivity index is 1.82. The van der Waals surface area contributed by atoms with Crippen LogP contribution in [0.15, 0.2) is 97.7 Å². The van der Waals surface area contributed by atoms with E-state index in [0.29, 0.717) is 0 Å². The third-order valence-electron chi connectivity index (χ3n) is 4.53. The van der Waals surface area contributed by atoms with Crippen molar-refractivity contribution in [3.63, 3.8) is 0 Å². The molecule has 2 nitrogen and oxygen atoms in total. The van der Waals surface area contributed by atoms with Gasteiger partial charge in [-0.3, -0.25) is 0 Å². The Hall–Kier alpha value is -3.39. The van der Waals surface area contributed by atoms with E-state index < -0.39 is 0 Å². The van der Waals surface area contributed by atoms with Crippen molar-refractivity contribution in [1.82, 2.24) is 4.98 Å². The maximum absolute atomic E-state index is 4.93. The van der Waals surface area contributed by atoms with Crippen molar-refractivity contribution < 1.29 is 0 Å². The van der Waals surface area contributed by atoms with Gasteiger partial charge in [0.05, 0.1) is 5.69 Å². The fourth-order valence-electron chi connectivity index (χ4n) is 3.13. The molecule has 0 amide bonds.